The summed E-state index contributed by atoms with van der Waals surface area (Å²) >= 11 is 35.1. The molecule has 2 rings (SSSR count). The molecule has 6 nitrogen and oxygen atoms in total. The fourth-order valence-corrected chi connectivity index (χ4v) is 22.2. The van der Waals surface area contributed by atoms with Gasteiger partial charge in [0.15, 0.2) is 0 Å². The summed E-state index contributed by atoms with van der Waals surface area (Å²) in [7, 11) is 0. The van der Waals surface area contributed by atoms with E-state index in [4.69, 9.17) is 67.4 Å². The predicted octanol–water partition coefficient (Wildman–Crippen LogP) is 9.53. The molecule has 2 aliphatic rings. The van der Waals surface area contributed by atoms with Gasteiger partial charge in [0.05, 0.1) is 0 Å². The molecule has 2 atom stereocenters. The van der Waals surface area contributed by atoms with Gasteiger partial charge in [-0.15, -0.1) is 0 Å². The van der Waals surface area contributed by atoms with Crippen molar-refractivity contribution in [3.8, 4) is 0 Å². The summed E-state index contributed by atoms with van der Waals surface area (Å²) in [5.41, 5.74) is 0. The summed E-state index contributed by atoms with van der Waals surface area (Å²) in [6.07, 6.45) is 0. The van der Waals surface area contributed by atoms with Crippen LogP contribution < -0.4 is 0 Å². The minimum absolute atomic E-state index is 1.83. The molecular formula is C4H4Cl6F4N4O2P4. The molecule has 0 radical (unpaired) electrons. The van der Waals surface area contributed by atoms with Crippen LogP contribution in [0, 0.1) is 0 Å². The number of alkyl halides is 4. The smallest absolute Gasteiger partial charge is 0.309 e. The molecule has 0 saturated heterocycles. The SMILES string of the molecule is FC1(F)COP2(Cl)=NP(Cl)(Cl)=NP(Cl)(Cl)=NP(Cl)(=N2)OCC1(F)F. The molecule has 142 valence electrons. The Hall–Kier alpha value is 2.30. The second kappa shape index (κ2) is 6.97. The van der Waals surface area contributed by atoms with Crippen LogP contribution >= 0.6 is 92.8 Å². The van der Waals surface area contributed by atoms with Gasteiger partial charge in [-0.05, 0) is 67.4 Å². The molecule has 0 N–H and O–H groups in total. The van der Waals surface area contributed by atoms with Crippen LogP contribution in [0.4, 0.5) is 17.6 Å². The molecule has 2 heterocycles. The molecule has 0 aromatic rings. The lowest BCUT2D eigenvalue weighted by atomic mass is 10.2. The molecular weight excluding hydrogens is 549 g/mol. The van der Waals surface area contributed by atoms with Crippen molar-refractivity contribution < 1.29 is 26.6 Å². The number of hydrogen-bond acceptors (Lipinski definition) is 6. The standard InChI is InChI=1S/C4H4Cl6F4N4O2P4/c5-21(6)15-22(7,8)17-24(10)18-23(9,16-21)19-1-3(11,12)4(13,14)2-20-24/h1-2H2. The van der Waals surface area contributed by atoms with Gasteiger partial charge in [-0.2, -0.15) is 35.6 Å². The van der Waals surface area contributed by atoms with Crippen LogP contribution in [0.25, 0.3) is 0 Å². The molecule has 24 heavy (non-hydrogen) atoms. The molecule has 0 fully saturated rings. The summed E-state index contributed by atoms with van der Waals surface area (Å²) in [5, 5.41) is 0. The van der Waals surface area contributed by atoms with Crippen molar-refractivity contribution in [1.29, 1.82) is 0 Å². The van der Waals surface area contributed by atoms with Crippen LogP contribution in [-0.2, 0) is 9.05 Å². The fraction of sp³-hybridized carbons (Fsp3) is 1.00. The van der Waals surface area contributed by atoms with Gasteiger partial charge in [0.25, 0.3) is 11.8 Å². The maximum absolute atomic E-state index is 13.6. The topological polar surface area (TPSA) is 67.9 Å². The third kappa shape index (κ3) is 5.43. The lowest BCUT2D eigenvalue weighted by Gasteiger charge is -2.25. The second-order valence-electron chi connectivity index (χ2n) is 4.17. The Balaban J connectivity index is 2.74. The summed E-state index contributed by atoms with van der Waals surface area (Å²) in [5.74, 6) is -16.8. The zero-order valence-corrected chi connectivity index (χ0v) is 18.7. The molecule has 20 heteroatoms. The van der Waals surface area contributed by atoms with Crippen LogP contribution in [-0.4, -0.2) is 25.1 Å². The summed E-state index contributed by atoms with van der Waals surface area (Å²) in [6.45, 7) is -12.0. The molecule has 0 aliphatic carbocycles. The van der Waals surface area contributed by atoms with Crippen molar-refractivity contribution in [2.75, 3.05) is 13.2 Å². The first-order valence-corrected chi connectivity index (χ1v) is 17.3. The maximum atomic E-state index is 13.6. The van der Waals surface area contributed by atoms with E-state index in [0.717, 1.165) is 0 Å². The maximum Gasteiger partial charge on any atom is 0.335 e. The average Bonchev–Trinajstić information content (AvgIpc) is 2.30. The molecule has 0 aromatic carbocycles. The first-order valence-electron chi connectivity index (χ1n) is 5.27. The molecule has 2 unspecified atom stereocenters. The van der Waals surface area contributed by atoms with E-state index >= 15 is 0 Å². The van der Waals surface area contributed by atoms with Gasteiger partial charge < -0.3 is 9.05 Å². The van der Waals surface area contributed by atoms with Crippen LogP contribution in [0.3, 0.4) is 0 Å². The minimum Gasteiger partial charge on any atom is -0.309 e. The zero-order chi connectivity index (χ0) is 18.7. The summed E-state index contributed by atoms with van der Waals surface area (Å²) < 4.78 is 78.1. The molecule has 0 amide bonds. The second-order valence-corrected chi connectivity index (χ2v) is 20.6. The Kier molecular flexibility index (Phi) is 6.56. The highest BCUT2D eigenvalue weighted by atomic mass is 35.9. The Labute approximate surface area is 162 Å². The highest BCUT2D eigenvalue weighted by molar-refractivity contribution is 8.21. The van der Waals surface area contributed by atoms with E-state index in [-0.39, 0.29) is 0 Å². The van der Waals surface area contributed by atoms with E-state index in [9.17, 15) is 17.6 Å². The van der Waals surface area contributed by atoms with Gasteiger partial charge in [0.2, 0.25) is 0 Å². The molecule has 0 aromatic heterocycles. The lowest BCUT2D eigenvalue weighted by molar-refractivity contribution is -0.231. The van der Waals surface area contributed by atoms with E-state index in [1.807, 2.05) is 0 Å². The molecule has 2 aliphatic heterocycles. The third-order valence-electron chi connectivity index (χ3n) is 2.23. The van der Waals surface area contributed by atoms with Crippen LogP contribution in [0.5, 0.6) is 0 Å². The van der Waals surface area contributed by atoms with Crippen molar-refractivity contribution in [3.63, 3.8) is 0 Å². The van der Waals surface area contributed by atoms with Gasteiger partial charge in [0.1, 0.15) is 13.2 Å². The predicted molar refractivity (Wildman–Crippen MR) is 94.3 cm³/mol. The van der Waals surface area contributed by atoms with Crippen molar-refractivity contribution >= 4 is 92.8 Å². The monoisotopic (exact) mass is 550 g/mol. The van der Waals surface area contributed by atoms with Crippen molar-refractivity contribution in [1.82, 2.24) is 0 Å². The third-order valence-corrected chi connectivity index (χ3v) is 18.0. The molecule has 2 bridgehead atoms. The van der Waals surface area contributed by atoms with Gasteiger partial charge >= 0.3 is 25.4 Å². The summed E-state index contributed by atoms with van der Waals surface area (Å²) in [4.78, 5) is 0. The zero-order valence-electron chi connectivity index (χ0n) is 10.6. The van der Waals surface area contributed by atoms with Gasteiger partial charge in [-0.25, -0.2) is 0 Å². The number of halogens is 10. The van der Waals surface area contributed by atoms with Gasteiger partial charge in [-0.3, -0.25) is 0 Å². The normalized spacial score (nSPS) is 39.9. The van der Waals surface area contributed by atoms with E-state index in [1.54, 1.807) is 0 Å². The van der Waals surface area contributed by atoms with Gasteiger partial charge in [0, 0.05) is 0 Å². The van der Waals surface area contributed by atoms with E-state index in [1.165, 1.54) is 0 Å². The van der Waals surface area contributed by atoms with Gasteiger partial charge in [-0.1, -0.05) is 0 Å². The number of hydrogen-bond donors (Lipinski definition) is 0. The first-order chi connectivity index (χ1) is 10.5. The Morgan fingerprint density at radius 3 is 1.46 bits per heavy atom. The van der Waals surface area contributed by atoms with E-state index < -0.39 is 50.4 Å². The van der Waals surface area contributed by atoms with E-state index in [2.05, 4.69) is 27.1 Å². The summed E-state index contributed by atoms with van der Waals surface area (Å²) in [6, 6.07) is 0. The molecule has 0 saturated carbocycles. The van der Waals surface area contributed by atoms with Crippen molar-refractivity contribution in [3.05, 3.63) is 0 Å². The first kappa shape index (κ1) is 22.6. The Bertz CT molecular complexity index is 760. The van der Waals surface area contributed by atoms with Crippen LogP contribution in [0.15, 0.2) is 18.1 Å². The largest absolute Gasteiger partial charge is 0.335 e. The van der Waals surface area contributed by atoms with Crippen molar-refractivity contribution in [2.24, 2.45) is 18.1 Å². The Morgan fingerprint density at radius 1 is 0.625 bits per heavy atom. The lowest BCUT2D eigenvalue weighted by Crippen LogP contribution is -2.46. The van der Waals surface area contributed by atoms with Crippen LogP contribution in [0.2, 0.25) is 0 Å². The molecule has 0 spiro atoms. The highest BCUT2D eigenvalue weighted by Gasteiger charge is 2.59. The Morgan fingerprint density at radius 2 is 1.00 bits per heavy atom. The highest BCUT2D eigenvalue weighted by Crippen LogP contribution is 2.86. The van der Waals surface area contributed by atoms with Crippen molar-refractivity contribution in [2.45, 2.75) is 11.8 Å². The fourth-order valence-electron chi connectivity index (χ4n) is 1.24. The number of rotatable bonds is 0. The van der Waals surface area contributed by atoms with E-state index in [0.29, 0.717) is 0 Å². The van der Waals surface area contributed by atoms with Crippen LogP contribution in [0.1, 0.15) is 0 Å². The number of fused-ring (bicyclic) bond motifs is 1. The quantitative estimate of drug-likeness (QED) is 0.222. The number of nitrogens with zero attached hydrogens (tertiary/aromatic N) is 4. The minimum atomic E-state index is -4.66. The average molecular weight is 553 g/mol.